The summed E-state index contributed by atoms with van der Waals surface area (Å²) in [6.07, 6.45) is 5.02. The first-order chi connectivity index (χ1) is 19.5. The number of fused-ring (bicyclic) bond motifs is 1. The number of amides is 2. The topological polar surface area (TPSA) is 96.2 Å². The van der Waals surface area contributed by atoms with Gasteiger partial charge in [-0.15, -0.1) is 0 Å². The van der Waals surface area contributed by atoms with Crippen LogP contribution in [0.5, 0.6) is 0 Å². The molecule has 0 radical (unpaired) electrons. The molecule has 0 saturated heterocycles. The zero-order valence-corrected chi connectivity index (χ0v) is 22.5. The Morgan fingerprint density at radius 1 is 0.975 bits per heavy atom. The van der Waals surface area contributed by atoms with Gasteiger partial charge in [0, 0.05) is 31.2 Å². The summed E-state index contributed by atoms with van der Waals surface area (Å²) in [5, 5.41) is 14.8. The second kappa shape index (κ2) is 12.9. The summed E-state index contributed by atoms with van der Waals surface area (Å²) < 4.78 is 15.3. The molecule has 4 aromatic rings. The molecule has 1 heterocycles. The fourth-order valence-corrected chi connectivity index (χ4v) is 5.65. The second-order valence-corrected chi connectivity index (χ2v) is 10.4. The van der Waals surface area contributed by atoms with Crippen LogP contribution in [0, 0.1) is 11.7 Å². The largest absolute Gasteiger partial charge is 0.396 e. The number of aliphatic hydroxyl groups is 1. The lowest BCUT2D eigenvalue weighted by molar-refractivity contribution is -0.133. The van der Waals surface area contributed by atoms with E-state index in [1.807, 2.05) is 18.2 Å². The highest BCUT2D eigenvalue weighted by atomic mass is 19.1. The Bertz CT molecular complexity index is 1450. The summed E-state index contributed by atoms with van der Waals surface area (Å²) in [6, 6.07) is 22.2. The van der Waals surface area contributed by atoms with E-state index in [0.717, 1.165) is 53.7 Å². The van der Waals surface area contributed by atoms with Gasteiger partial charge in [-0.25, -0.2) is 9.37 Å². The number of benzene rings is 3. The van der Waals surface area contributed by atoms with Crippen molar-refractivity contribution in [3.8, 4) is 0 Å². The number of aliphatic hydroxyl groups excluding tert-OH is 1. The number of carbonyl (C=O) groups is 2. The summed E-state index contributed by atoms with van der Waals surface area (Å²) in [6.45, 7) is 0.739. The van der Waals surface area contributed by atoms with E-state index in [-0.39, 0.29) is 36.7 Å². The molecular formula is C32H35FN4O3. The molecular weight excluding hydrogens is 507 g/mol. The summed E-state index contributed by atoms with van der Waals surface area (Å²) in [7, 11) is 0. The summed E-state index contributed by atoms with van der Waals surface area (Å²) in [4.78, 5) is 30.4. The van der Waals surface area contributed by atoms with Crippen LogP contribution in [-0.4, -0.2) is 39.6 Å². The number of carbonyl (C=O) groups excluding carboxylic acids is 2. The molecule has 2 atom stereocenters. The lowest BCUT2D eigenvalue weighted by Crippen LogP contribution is -2.41. The number of rotatable bonds is 10. The van der Waals surface area contributed by atoms with E-state index in [1.165, 1.54) is 12.1 Å². The van der Waals surface area contributed by atoms with Crippen LogP contribution in [0.25, 0.3) is 11.0 Å². The number of imidazole rings is 1. The van der Waals surface area contributed by atoms with Gasteiger partial charge in [0.25, 0.3) is 0 Å². The first-order valence-corrected chi connectivity index (χ1v) is 14.0. The average molecular weight is 543 g/mol. The Morgan fingerprint density at radius 3 is 2.50 bits per heavy atom. The standard InChI is InChI=1S/C32H35FN4O3/c33-24-15-17-25(18-16-24)34-20-31(39)36-32(40)27-7-2-1-6-26(27)23-13-11-22(12-14-23)21-37-29-9-4-3-8-28(29)35-30(37)10-5-19-38/h3-4,8-9,11-18,26-27,34,38H,1-2,5-7,10,19-21H2,(H,36,39,40)/t26-,27-/m0/s1. The number of anilines is 1. The van der Waals surface area contributed by atoms with Gasteiger partial charge in [0.2, 0.25) is 11.8 Å². The normalized spacial score (nSPS) is 17.1. The molecule has 7 nitrogen and oxygen atoms in total. The van der Waals surface area contributed by atoms with Crippen molar-refractivity contribution in [2.75, 3.05) is 18.5 Å². The molecule has 3 N–H and O–H groups in total. The minimum absolute atomic E-state index is 0.0508. The van der Waals surface area contributed by atoms with Crippen LogP contribution < -0.4 is 10.6 Å². The Kier molecular flexibility index (Phi) is 8.86. The summed E-state index contributed by atoms with van der Waals surface area (Å²) in [5.74, 6) is -0.245. The summed E-state index contributed by atoms with van der Waals surface area (Å²) in [5.41, 5.74) is 4.88. The third kappa shape index (κ3) is 6.57. The van der Waals surface area contributed by atoms with E-state index in [0.29, 0.717) is 25.1 Å². The van der Waals surface area contributed by atoms with E-state index >= 15 is 0 Å². The molecule has 5 rings (SSSR count). The Balaban J connectivity index is 1.24. The number of halogens is 1. The van der Waals surface area contributed by atoms with Gasteiger partial charge < -0.3 is 15.0 Å². The van der Waals surface area contributed by atoms with Crippen LogP contribution in [0.2, 0.25) is 0 Å². The average Bonchev–Trinajstić information content (AvgIpc) is 3.33. The van der Waals surface area contributed by atoms with E-state index in [4.69, 9.17) is 4.98 Å². The minimum atomic E-state index is -0.404. The molecule has 40 heavy (non-hydrogen) atoms. The van der Waals surface area contributed by atoms with Crippen LogP contribution >= 0.6 is 0 Å². The van der Waals surface area contributed by atoms with Gasteiger partial charge in [-0.05, 0) is 72.7 Å². The fraction of sp³-hybridized carbons (Fsp3) is 0.344. The molecule has 0 unspecified atom stereocenters. The number of aromatic nitrogens is 2. The lowest BCUT2D eigenvalue weighted by atomic mass is 9.75. The molecule has 0 bridgehead atoms. The third-order valence-electron chi connectivity index (χ3n) is 7.70. The number of para-hydroxylation sites is 2. The van der Waals surface area contributed by atoms with Crippen molar-refractivity contribution in [2.45, 2.75) is 51.0 Å². The first kappa shape index (κ1) is 27.5. The maximum absolute atomic E-state index is 13.1. The predicted octanol–water partition coefficient (Wildman–Crippen LogP) is 5.18. The monoisotopic (exact) mass is 542 g/mol. The molecule has 8 heteroatoms. The highest BCUT2D eigenvalue weighted by Crippen LogP contribution is 2.38. The van der Waals surface area contributed by atoms with E-state index < -0.39 is 5.91 Å². The molecule has 2 amide bonds. The lowest BCUT2D eigenvalue weighted by Gasteiger charge is -2.31. The molecule has 0 aliphatic heterocycles. The molecule has 1 fully saturated rings. The SMILES string of the molecule is O=C(CNc1ccc(F)cc1)NC(=O)[C@H]1CCCC[C@H]1c1ccc(Cn2c(CCCO)nc3ccccc32)cc1. The molecule has 3 aromatic carbocycles. The van der Waals surface area contributed by atoms with Crippen LogP contribution in [0.4, 0.5) is 10.1 Å². The molecule has 1 aliphatic carbocycles. The Hall–Kier alpha value is -4.04. The first-order valence-electron chi connectivity index (χ1n) is 14.0. The van der Waals surface area contributed by atoms with Gasteiger partial charge in [-0.1, -0.05) is 49.2 Å². The number of imide groups is 1. The quantitative estimate of drug-likeness (QED) is 0.257. The van der Waals surface area contributed by atoms with Gasteiger partial charge in [0.05, 0.1) is 17.6 Å². The van der Waals surface area contributed by atoms with E-state index in [1.54, 1.807) is 12.1 Å². The molecule has 1 saturated carbocycles. The molecule has 1 aliphatic rings. The van der Waals surface area contributed by atoms with Crippen LogP contribution in [0.1, 0.15) is 55.0 Å². The maximum atomic E-state index is 13.1. The number of hydrogen-bond acceptors (Lipinski definition) is 5. The van der Waals surface area contributed by atoms with Gasteiger partial charge >= 0.3 is 0 Å². The Labute approximate surface area is 233 Å². The molecule has 0 spiro atoms. The highest BCUT2D eigenvalue weighted by Gasteiger charge is 2.32. The van der Waals surface area contributed by atoms with Crippen LogP contribution in [-0.2, 0) is 22.6 Å². The predicted molar refractivity (Wildman–Crippen MR) is 153 cm³/mol. The van der Waals surface area contributed by atoms with E-state index in [9.17, 15) is 19.1 Å². The molecule has 1 aromatic heterocycles. The van der Waals surface area contributed by atoms with Crippen molar-refractivity contribution in [2.24, 2.45) is 5.92 Å². The maximum Gasteiger partial charge on any atom is 0.245 e. The smallest absolute Gasteiger partial charge is 0.245 e. The van der Waals surface area contributed by atoms with Crippen LogP contribution in [0.3, 0.4) is 0 Å². The fourth-order valence-electron chi connectivity index (χ4n) is 5.65. The van der Waals surface area contributed by atoms with Crippen molar-refractivity contribution in [3.05, 3.63) is 95.6 Å². The highest BCUT2D eigenvalue weighted by molar-refractivity contribution is 5.98. The second-order valence-electron chi connectivity index (χ2n) is 10.4. The van der Waals surface area contributed by atoms with Gasteiger partial charge in [-0.2, -0.15) is 0 Å². The van der Waals surface area contributed by atoms with Crippen molar-refractivity contribution in [3.63, 3.8) is 0 Å². The number of nitrogens with zero attached hydrogens (tertiary/aromatic N) is 2. The molecule has 208 valence electrons. The van der Waals surface area contributed by atoms with Crippen molar-refractivity contribution >= 4 is 28.5 Å². The van der Waals surface area contributed by atoms with Crippen molar-refractivity contribution < 1.29 is 19.1 Å². The van der Waals surface area contributed by atoms with Crippen molar-refractivity contribution in [1.82, 2.24) is 14.9 Å². The summed E-state index contributed by atoms with van der Waals surface area (Å²) >= 11 is 0. The zero-order chi connectivity index (χ0) is 27.9. The van der Waals surface area contributed by atoms with Gasteiger partial charge in [0.15, 0.2) is 0 Å². The minimum Gasteiger partial charge on any atom is -0.396 e. The van der Waals surface area contributed by atoms with Gasteiger partial charge in [-0.3, -0.25) is 14.9 Å². The Morgan fingerprint density at radius 2 is 1.73 bits per heavy atom. The number of aryl methyl sites for hydroxylation is 1. The van der Waals surface area contributed by atoms with Crippen LogP contribution in [0.15, 0.2) is 72.8 Å². The zero-order valence-electron chi connectivity index (χ0n) is 22.5. The number of nitrogens with one attached hydrogen (secondary N) is 2. The van der Waals surface area contributed by atoms with E-state index in [2.05, 4.69) is 45.5 Å². The van der Waals surface area contributed by atoms with Crippen molar-refractivity contribution in [1.29, 1.82) is 0 Å². The third-order valence-corrected chi connectivity index (χ3v) is 7.70. The van der Waals surface area contributed by atoms with Gasteiger partial charge in [0.1, 0.15) is 11.6 Å². The number of hydrogen-bond donors (Lipinski definition) is 3.